The van der Waals surface area contributed by atoms with Gasteiger partial charge in [0, 0.05) is 30.8 Å². The Morgan fingerprint density at radius 1 is 1.41 bits per heavy atom. The monoisotopic (exact) mass is 438 g/mol. The van der Waals surface area contributed by atoms with Gasteiger partial charge in [0.05, 0.1) is 27.2 Å². The number of aryl methyl sites for hydroxylation is 2. The molecule has 2 heterocycles. The predicted molar refractivity (Wildman–Crippen MR) is 108 cm³/mol. The number of ketones is 1. The molecule has 0 radical (unpaired) electrons. The Bertz CT molecular complexity index is 984. The maximum Gasteiger partial charge on any atom is 0.290 e. The highest BCUT2D eigenvalue weighted by atomic mass is 35.5. The molecule has 1 aliphatic rings. The number of ether oxygens (including phenoxy) is 1. The highest BCUT2D eigenvalue weighted by Crippen LogP contribution is 2.43. The van der Waals surface area contributed by atoms with Crippen molar-refractivity contribution in [3.63, 3.8) is 0 Å². The highest BCUT2D eigenvalue weighted by Gasteiger charge is 2.45. The first-order valence-electron chi connectivity index (χ1n) is 8.93. The van der Waals surface area contributed by atoms with Gasteiger partial charge in [-0.2, -0.15) is 0 Å². The third-order valence-corrected chi connectivity index (χ3v) is 6.08. The zero-order chi connectivity index (χ0) is 21.3. The first-order valence-corrected chi connectivity index (χ1v) is 10.1. The molecule has 9 heteroatoms. The third kappa shape index (κ3) is 3.92. The summed E-state index contributed by atoms with van der Waals surface area (Å²) in [6, 6.07) is 2.99. The quantitative estimate of drug-likeness (QED) is 0.518. The van der Waals surface area contributed by atoms with Crippen molar-refractivity contribution < 1.29 is 23.8 Å². The second-order valence-corrected chi connectivity index (χ2v) is 8.23. The summed E-state index contributed by atoms with van der Waals surface area (Å²) in [5, 5.41) is 11.3. The van der Waals surface area contributed by atoms with Crippen molar-refractivity contribution in [1.29, 1.82) is 0 Å². The molecule has 0 spiro atoms. The third-order valence-electron chi connectivity index (χ3n) is 4.68. The van der Waals surface area contributed by atoms with Crippen molar-refractivity contribution in [1.82, 2.24) is 9.88 Å². The second kappa shape index (κ2) is 8.61. The van der Waals surface area contributed by atoms with Gasteiger partial charge in [-0.25, -0.2) is 9.37 Å². The van der Waals surface area contributed by atoms with Crippen LogP contribution >= 0.6 is 22.9 Å². The number of methoxy groups -OCH3 is 1. The predicted octanol–water partition coefficient (Wildman–Crippen LogP) is 4.17. The van der Waals surface area contributed by atoms with Crippen LogP contribution in [0.25, 0.3) is 0 Å². The summed E-state index contributed by atoms with van der Waals surface area (Å²) in [6.45, 7) is 3.94. The minimum atomic E-state index is -1.14. The summed E-state index contributed by atoms with van der Waals surface area (Å²) in [5.74, 6) is -2.66. The van der Waals surface area contributed by atoms with Crippen LogP contribution in [0.4, 0.5) is 4.39 Å². The minimum Gasteiger partial charge on any atom is -0.503 e. The van der Waals surface area contributed by atoms with Gasteiger partial charge < -0.3 is 14.7 Å². The lowest BCUT2D eigenvalue weighted by Crippen LogP contribution is -2.33. The van der Waals surface area contributed by atoms with Crippen molar-refractivity contribution >= 4 is 34.6 Å². The number of amides is 1. The number of aromatic nitrogens is 1. The van der Waals surface area contributed by atoms with Gasteiger partial charge in [-0.3, -0.25) is 9.59 Å². The van der Waals surface area contributed by atoms with Crippen molar-refractivity contribution in [2.45, 2.75) is 26.3 Å². The van der Waals surface area contributed by atoms with Gasteiger partial charge in [0.2, 0.25) is 5.78 Å². The van der Waals surface area contributed by atoms with Gasteiger partial charge in [0.1, 0.15) is 5.82 Å². The molecular formula is C20H20ClFN2O4S. The van der Waals surface area contributed by atoms with Gasteiger partial charge in [-0.15, -0.1) is 11.3 Å². The van der Waals surface area contributed by atoms with Crippen LogP contribution in [0.2, 0.25) is 5.02 Å². The van der Waals surface area contributed by atoms with E-state index in [0.29, 0.717) is 28.6 Å². The summed E-state index contributed by atoms with van der Waals surface area (Å²) >= 11 is 7.41. The summed E-state index contributed by atoms with van der Waals surface area (Å²) in [4.78, 5) is 31.9. The number of nitrogens with zero attached hydrogens (tertiary/aromatic N) is 2. The minimum absolute atomic E-state index is 0.0220. The Kier molecular flexibility index (Phi) is 6.36. The van der Waals surface area contributed by atoms with Crippen LogP contribution in [0.3, 0.4) is 0 Å². The fraction of sp³-hybridized carbons (Fsp3) is 0.350. The lowest BCUT2D eigenvalue weighted by Gasteiger charge is -2.27. The molecule has 1 aromatic heterocycles. The lowest BCUT2D eigenvalue weighted by atomic mass is 9.94. The molecule has 1 N–H and O–H groups in total. The van der Waals surface area contributed by atoms with Gasteiger partial charge in [0.25, 0.3) is 5.91 Å². The molecule has 6 nitrogen and oxygen atoms in total. The Morgan fingerprint density at radius 2 is 2.14 bits per heavy atom. The molecule has 1 unspecified atom stereocenters. The van der Waals surface area contributed by atoms with Crippen LogP contribution in [0.1, 0.15) is 38.4 Å². The number of aliphatic hydroxyl groups is 1. The van der Waals surface area contributed by atoms with Crippen molar-refractivity contribution in [2.24, 2.45) is 0 Å². The van der Waals surface area contributed by atoms with Crippen LogP contribution < -0.4 is 0 Å². The molecule has 0 saturated carbocycles. The van der Waals surface area contributed by atoms with E-state index in [1.165, 1.54) is 30.2 Å². The summed E-state index contributed by atoms with van der Waals surface area (Å²) in [6.07, 6.45) is 0.443. The normalized spacial score (nSPS) is 16.8. The van der Waals surface area contributed by atoms with Crippen LogP contribution in [-0.4, -0.2) is 46.9 Å². The summed E-state index contributed by atoms with van der Waals surface area (Å²) in [7, 11) is 1.52. The van der Waals surface area contributed by atoms with E-state index < -0.39 is 29.3 Å². The molecule has 0 bridgehead atoms. The maximum absolute atomic E-state index is 14.8. The number of halogens is 2. The van der Waals surface area contributed by atoms with E-state index in [0.717, 1.165) is 11.3 Å². The van der Waals surface area contributed by atoms with Crippen LogP contribution in [0.5, 0.6) is 0 Å². The number of carbonyl (C=O) groups excluding carboxylic acids is 2. The number of carbonyl (C=O) groups is 2. The van der Waals surface area contributed by atoms with Crippen molar-refractivity contribution in [2.75, 3.05) is 20.3 Å². The molecule has 154 valence electrons. The zero-order valence-corrected chi connectivity index (χ0v) is 17.7. The summed E-state index contributed by atoms with van der Waals surface area (Å²) in [5.41, 5.74) is 0.277. The Morgan fingerprint density at radius 3 is 2.72 bits per heavy atom. The average Bonchev–Trinajstić information content (AvgIpc) is 3.12. The highest BCUT2D eigenvalue weighted by molar-refractivity contribution is 7.14. The van der Waals surface area contributed by atoms with Gasteiger partial charge in [-0.05, 0) is 32.4 Å². The molecule has 3 rings (SSSR count). The molecule has 1 aliphatic heterocycles. The van der Waals surface area contributed by atoms with E-state index in [1.54, 1.807) is 13.8 Å². The van der Waals surface area contributed by atoms with E-state index in [4.69, 9.17) is 16.3 Å². The largest absolute Gasteiger partial charge is 0.503 e. The van der Waals surface area contributed by atoms with Crippen LogP contribution in [0.15, 0.2) is 29.5 Å². The van der Waals surface area contributed by atoms with E-state index in [9.17, 15) is 19.1 Å². The topological polar surface area (TPSA) is 79.7 Å². The Balaban J connectivity index is 2.14. The van der Waals surface area contributed by atoms with E-state index >= 15 is 0 Å². The number of rotatable bonds is 7. The Hall–Kier alpha value is -2.29. The Labute approximate surface area is 176 Å². The molecule has 2 aromatic rings. The fourth-order valence-corrected chi connectivity index (χ4v) is 4.57. The molecule has 29 heavy (non-hydrogen) atoms. The smallest absolute Gasteiger partial charge is 0.290 e. The number of benzene rings is 1. The molecule has 1 amide bonds. The van der Waals surface area contributed by atoms with E-state index in [-0.39, 0.29) is 22.7 Å². The van der Waals surface area contributed by atoms with Gasteiger partial charge in [-0.1, -0.05) is 17.7 Å². The number of hydrogen-bond acceptors (Lipinski definition) is 6. The first kappa shape index (κ1) is 21.4. The van der Waals surface area contributed by atoms with Gasteiger partial charge in [0.15, 0.2) is 5.76 Å². The molecule has 1 atom stereocenters. The second-order valence-electron chi connectivity index (χ2n) is 6.62. The number of hydrogen-bond donors (Lipinski definition) is 1. The number of thiazole rings is 1. The van der Waals surface area contributed by atoms with E-state index in [2.05, 4.69) is 4.98 Å². The molecular weight excluding hydrogens is 419 g/mol. The average molecular weight is 439 g/mol. The first-order chi connectivity index (χ1) is 13.8. The lowest BCUT2D eigenvalue weighted by molar-refractivity contribution is -0.129. The fourth-order valence-electron chi connectivity index (χ4n) is 3.43. The maximum atomic E-state index is 14.8. The molecule has 1 aromatic carbocycles. The van der Waals surface area contributed by atoms with Crippen LogP contribution in [0, 0.1) is 19.7 Å². The molecule has 0 saturated heterocycles. The standard InChI is InChI=1S/C20H20ClFN2O4S/c1-10-19(29-11(2)23-10)17(25)15-16(14-12(21)6-4-7-13(14)22)24(8-5-9-28-3)20(27)18(15)26/h4,6-7,16,26H,5,8-9H2,1-3H3. The molecule has 0 fully saturated rings. The SMILES string of the molecule is COCCCN1C(=O)C(O)=C(C(=O)c2sc(C)nc2C)C1c1c(F)cccc1Cl. The zero-order valence-electron chi connectivity index (χ0n) is 16.2. The molecule has 0 aliphatic carbocycles. The number of Topliss-reactive ketones (excluding diaryl/α,β-unsaturated/α-hetero) is 1. The number of aliphatic hydroxyl groups excluding tert-OH is 1. The van der Waals surface area contributed by atoms with Crippen LogP contribution in [-0.2, 0) is 9.53 Å². The summed E-state index contributed by atoms with van der Waals surface area (Å²) < 4.78 is 19.8. The van der Waals surface area contributed by atoms with Crippen molar-refractivity contribution in [3.05, 3.63) is 61.5 Å². The van der Waals surface area contributed by atoms with E-state index in [1.807, 2.05) is 0 Å². The van der Waals surface area contributed by atoms with Gasteiger partial charge >= 0.3 is 0 Å². The van der Waals surface area contributed by atoms with Crippen molar-refractivity contribution in [3.8, 4) is 0 Å².